The fourth-order valence-corrected chi connectivity index (χ4v) is 6.79. The monoisotopic (exact) mass is 516 g/mol. The van der Waals surface area contributed by atoms with Gasteiger partial charge >= 0.3 is 0 Å². The predicted octanol–water partition coefficient (Wildman–Crippen LogP) is 6.59. The highest BCUT2D eigenvalue weighted by Gasteiger charge is 2.49. The second-order valence-electron chi connectivity index (χ2n) is 11.8. The Morgan fingerprint density at radius 3 is 2.62 bits per heavy atom. The number of anilines is 1. The summed E-state index contributed by atoms with van der Waals surface area (Å²) >= 11 is 0. The number of nitrogens with zero attached hydrogens (tertiary/aromatic N) is 3. The van der Waals surface area contributed by atoms with Crippen molar-refractivity contribution in [2.75, 3.05) is 18.1 Å². The van der Waals surface area contributed by atoms with Crippen LogP contribution >= 0.6 is 0 Å². The minimum absolute atomic E-state index is 0.152. The lowest BCUT2D eigenvalue weighted by Gasteiger charge is -2.26. The van der Waals surface area contributed by atoms with Gasteiger partial charge in [0.25, 0.3) is 0 Å². The van der Waals surface area contributed by atoms with E-state index in [0.717, 1.165) is 60.1 Å². The molecule has 6 nitrogen and oxygen atoms in total. The lowest BCUT2D eigenvalue weighted by atomic mass is 9.75. The van der Waals surface area contributed by atoms with E-state index >= 15 is 0 Å². The summed E-state index contributed by atoms with van der Waals surface area (Å²) in [7, 11) is -1.11. The molecule has 5 rings (SSSR count). The molecule has 3 aromatic rings. The maximum absolute atomic E-state index is 13.7. The Labute approximate surface area is 221 Å². The van der Waals surface area contributed by atoms with Crippen LogP contribution in [0.1, 0.15) is 42.9 Å². The van der Waals surface area contributed by atoms with Crippen LogP contribution in [-0.4, -0.2) is 41.9 Å². The summed E-state index contributed by atoms with van der Waals surface area (Å²) in [5.41, 5.74) is 7.25. The number of rotatable bonds is 10. The lowest BCUT2D eigenvalue weighted by molar-refractivity contribution is -0.123. The molecule has 0 radical (unpaired) electrons. The van der Waals surface area contributed by atoms with Gasteiger partial charge in [-0.25, -0.2) is 4.68 Å². The van der Waals surface area contributed by atoms with Crippen molar-refractivity contribution < 1.29 is 9.53 Å². The van der Waals surface area contributed by atoms with E-state index in [1.165, 1.54) is 16.5 Å². The van der Waals surface area contributed by atoms with Crippen molar-refractivity contribution in [1.29, 1.82) is 0 Å². The summed E-state index contributed by atoms with van der Waals surface area (Å²) in [6, 6.07) is 5.59. The molecule has 0 saturated heterocycles. The van der Waals surface area contributed by atoms with Gasteiger partial charge in [-0.15, -0.1) is 13.2 Å². The summed E-state index contributed by atoms with van der Waals surface area (Å²) in [5, 5.41) is 6.17. The molecule has 1 aliphatic carbocycles. The maximum Gasteiger partial charge on any atom is 0.238 e. The first-order valence-electron chi connectivity index (χ1n) is 13.6. The average molecular weight is 517 g/mol. The number of H-pyrrole nitrogens is 1. The van der Waals surface area contributed by atoms with Gasteiger partial charge in [0, 0.05) is 44.0 Å². The van der Waals surface area contributed by atoms with Gasteiger partial charge in [0.05, 0.1) is 11.1 Å². The van der Waals surface area contributed by atoms with E-state index in [1.54, 1.807) is 0 Å². The molecule has 2 aromatic heterocycles. The van der Waals surface area contributed by atoms with E-state index < -0.39 is 13.5 Å². The summed E-state index contributed by atoms with van der Waals surface area (Å²) in [6.45, 7) is 19.0. The van der Waals surface area contributed by atoms with Gasteiger partial charge < -0.3 is 14.6 Å². The van der Waals surface area contributed by atoms with Crippen LogP contribution in [0.25, 0.3) is 22.3 Å². The summed E-state index contributed by atoms with van der Waals surface area (Å²) < 4.78 is 7.93. The molecule has 0 fully saturated rings. The predicted molar refractivity (Wildman–Crippen MR) is 155 cm³/mol. The Kier molecular flexibility index (Phi) is 6.79. The Hall–Kier alpha value is -2.90. The molecule has 1 aromatic carbocycles. The zero-order chi connectivity index (χ0) is 26.4. The van der Waals surface area contributed by atoms with Crippen molar-refractivity contribution in [2.24, 2.45) is 0 Å². The minimum atomic E-state index is -1.11. The molecule has 0 atom stereocenters. The minimum Gasteiger partial charge on any atom is -0.360 e. The smallest absolute Gasteiger partial charge is 0.238 e. The first-order valence-corrected chi connectivity index (χ1v) is 17.3. The quantitative estimate of drug-likeness (QED) is 0.188. The van der Waals surface area contributed by atoms with Crippen molar-refractivity contribution in [2.45, 2.75) is 76.9 Å². The molecule has 196 valence electrons. The second-order valence-corrected chi connectivity index (χ2v) is 17.4. The number of likely N-dealkylation sites (N-methyl/N-ethyl adjacent to an activating group) is 1. The standard InChI is InChI=1S/C30H40N4O2Si/c1-7-13-30(14-8-2)24-18-25-23(17-26(24)34(9-3)29(30)35)22-12-10-11-21-19-33(32-27(21)28(22)31-25)20-36-15-16-37(4,5)6/h7-8,17-19,31H,1-2,9-16,20H2,3-6H3. The van der Waals surface area contributed by atoms with Crippen molar-refractivity contribution in [3.63, 3.8) is 0 Å². The molecule has 0 unspecified atom stereocenters. The molecular weight excluding hydrogens is 476 g/mol. The Balaban J connectivity index is 1.55. The number of amides is 1. The zero-order valence-electron chi connectivity index (χ0n) is 22.8. The Bertz CT molecular complexity index is 1350. The van der Waals surface area contributed by atoms with Gasteiger partial charge in [0.2, 0.25) is 5.91 Å². The van der Waals surface area contributed by atoms with E-state index in [-0.39, 0.29) is 5.91 Å². The second kappa shape index (κ2) is 9.76. The van der Waals surface area contributed by atoms with E-state index in [9.17, 15) is 4.79 Å². The number of aryl methyl sites for hydroxylation is 2. The number of benzene rings is 1. The molecule has 1 amide bonds. The summed E-state index contributed by atoms with van der Waals surface area (Å²) in [5.74, 6) is 0.152. The van der Waals surface area contributed by atoms with Gasteiger partial charge in [-0.1, -0.05) is 31.8 Å². The van der Waals surface area contributed by atoms with Gasteiger partial charge in [-0.3, -0.25) is 4.79 Å². The number of allylic oxidation sites excluding steroid dienone is 2. The van der Waals surface area contributed by atoms with Gasteiger partial charge in [-0.05, 0) is 73.9 Å². The van der Waals surface area contributed by atoms with Crippen LogP contribution in [0.2, 0.25) is 25.7 Å². The van der Waals surface area contributed by atoms with Crippen molar-refractivity contribution in [3.05, 3.63) is 60.3 Å². The van der Waals surface area contributed by atoms with Crippen molar-refractivity contribution in [3.8, 4) is 11.4 Å². The molecular formula is C30H40N4O2Si. The number of hydrogen-bond acceptors (Lipinski definition) is 3. The average Bonchev–Trinajstić information content (AvgIpc) is 3.44. The Morgan fingerprint density at radius 1 is 1.19 bits per heavy atom. The molecule has 0 bridgehead atoms. The molecule has 7 heteroatoms. The molecule has 2 aliphatic rings. The molecule has 37 heavy (non-hydrogen) atoms. The van der Waals surface area contributed by atoms with Crippen LogP contribution in [-0.2, 0) is 34.5 Å². The Morgan fingerprint density at radius 2 is 1.95 bits per heavy atom. The number of nitrogens with one attached hydrogen (secondary N) is 1. The SMILES string of the molecule is C=CCC1(CC=C)C(=O)N(CC)c2cc3c4c([nH]c3cc21)-c1nn(COCC[Si](C)(C)C)cc1CCC4. The lowest BCUT2D eigenvalue weighted by Crippen LogP contribution is -2.39. The summed E-state index contributed by atoms with van der Waals surface area (Å²) in [6.07, 6.45) is 10.1. The van der Waals surface area contributed by atoms with Crippen LogP contribution in [0.15, 0.2) is 43.6 Å². The van der Waals surface area contributed by atoms with Gasteiger partial charge in [0.15, 0.2) is 0 Å². The van der Waals surface area contributed by atoms with Crippen molar-refractivity contribution >= 4 is 30.6 Å². The molecule has 3 heterocycles. The first kappa shape index (κ1) is 25.7. The van der Waals surface area contributed by atoms with Gasteiger partial charge in [-0.2, -0.15) is 5.10 Å². The third kappa shape index (κ3) is 4.42. The van der Waals surface area contributed by atoms with Crippen LogP contribution < -0.4 is 4.90 Å². The largest absolute Gasteiger partial charge is 0.360 e. The molecule has 0 saturated carbocycles. The van der Waals surface area contributed by atoms with E-state index in [0.29, 0.717) is 26.1 Å². The normalized spacial score (nSPS) is 16.4. The third-order valence-corrected chi connectivity index (χ3v) is 9.66. The zero-order valence-corrected chi connectivity index (χ0v) is 23.8. The number of ether oxygens (including phenoxy) is 1. The highest BCUT2D eigenvalue weighted by molar-refractivity contribution is 6.76. The van der Waals surface area contributed by atoms with Crippen LogP contribution in [0, 0.1) is 0 Å². The first-order chi connectivity index (χ1) is 17.7. The molecule has 0 spiro atoms. The highest BCUT2D eigenvalue weighted by Crippen LogP contribution is 2.49. The van der Waals surface area contributed by atoms with Crippen molar-refractivity contribution in [1.82, 2.24) is 14.8 Å². The number of aromatic nitrogens is 3. The number of carbonyl (C=O) groups excluding carboxylic acids is 1. The molecule has 1 N–H and O–H groups in total. The molecule has 1 aliphatic heterocycles. The number of aromatic amines is 1. The number of carbonyl (C=O) groups is 1. The van der Waals surface area contributed by atoms with E-state index in [1.807, 2.05) is 28.7 Å². The maximum atomic E-state index is 13.7. The number of hydrogen-bond donors (Lipinski definition) is 1. The fraction of sp³-hybridized carbons (Fsp3) is 0.467. The highest BCUT2D eigenvalue weighted by atomic mass is 28.3. The van der Waals surface area contributed by atoms with E-state index in [4.69, 9.17) is 9.84 Å². The summed E-state index contributed by atoms with van der Waals surface area (Å²) in [4.78, 5) is 19.3. The topological polar surface area (TPSA) is 63.2 Å². The van der Waals surface area contributed by atoms with Crippen LogP contribution in [0.3, 0.4) is 0 Å². The van der Waals surface area contributed by atoms with E-state index in [2.05, 4.69) is 56.1 Å². The fourth-order valence-electron chi connectivity index (χ4n) is 6.04. The van der Waals surface area contributed by atoms with Gasteiger partial charge in [0.1, 0.15) is 12.4 Å². The third-order valence-electron chi connectivity index (χ3n) is 7.95. The van der Waals surface area contributed by atoms with Crippen LogP contribution in [0.5, 0.6) is 0 Å². The number of fused-ring (bicyclic) bond motifs is 6. The van der Waals surface area contributed by atoms with Crippen LogP contribution in [0.4, 0.5) is 5.69 Å².